The molecule has 0 amide bonds. The van der Waals surface area contributed by atoms with Gasteiger partial charge in [0.15, 0.2) is 0 Å². The van der Waals surface area contributed by atoms with Crippen molar-refractivity contribution < 1.29 is 4.42 Å². The fraction of sp³-hybridized carbons (Fsp3) is 0.538. The van der Waals surface area contributed by atoms with Crippen LogP contribution in [0.4, 0.5) is 5.95 Å². The Balaban J connectivity index is 2.01. The second-order valence-corrected chi connectivity index (χ2v) is 4.61. The van der Waals surface area contributed by atoms with Gasteiger partial charge in [-0.2, -0.15) is 4.98 Å². The van der Waals surface area contributed by atoms with Crippen molar-refractivity contribution in [2.45, 2.75) is 45.4 Å². The monoisotopic (exact) mass is 248 g/mol. The molecule has 0 aromatic carbocycles. The second-order valence-electron chi connectivity index (χ2n) is 4.61. The summed E-state index contributed by atoms with van der Waals surface area (Å²) in [6, 6.07) is 2.03. The van der Waals surface area contributed by atoms with Crippen LogP contribution in [0.1, 0.15) is 49.3 Å². The Kier molecular flexibility index (Phi) is 4.02. The Morgan fingerprint density at radius 3 is 2.83 bits per heavy atom. The smallest absolute Gasteiger partial charge is 0.239 e. The summed E-state index contributed by atoms with van der Waals surface area (Å²) in [6.07, 6.45) is 5.98. The number of furan rings is 1. The first-order valence-corrected chi connectivity index (χ1v) is 6.41. The third-order valence-corrected chi connectivity index (χ3v) is 3.27. The summed E-state index contributed by atoms with van der Waals surface area (Å²) in [5.74, 6) is 2.61. The highest BCUT2D eigenvalue weighted by Gasteiger charge is 2.15. The lowest BCUT2D eigenvalue weighted by Crippen LogP contribution is -2.03. The molecule has 0 saturated carbocycles. The molecule has 1 atom stereocenters. The molecule has 98 valence electrons. The number of hydrogen-bond acceptors (Lipinski definition) is 4. The minimum Gasteiger partial charge on any atom is -0.469 e. The van der Waals surface area contributed by atoms with Gasteiger partial charge in [0.1, 0.15) is 11.6 Å². The molecule has 0 fully saturated rings. The van der Waals surface area contributed by atoms with Crippen molar-refractivity contribution in [2.24, 2.45) is 0 Å². The zero-order valence-corrected chi connectivity index (χ0v) is 10.9. The minimum atomic E-state index is 0.325. The van der Waals surface area contributed by atoms with Gasteiger partial charge in [-0.1, -0.05) is 13.3 Å². The van der Waals surface area contributed by atoms with E-state index in [9.17, 15) is 0 Å². The van der Waals surface area contributed by atoms with Gasteiger partial charge < -0.3 is 10.2 Å². The minimum absolute atomic E-state index is 0.325. The summed E-state index contributed by atoms with van der Waals surface area (Å²) in [5, 5.41) is 6.83. The first kappa shape index (κ1) is 12.7. The number of aromatic nitrogens is 3. The number of rotatable bonds is 6. The molecule has 5 heteroatoms. The number of nitrogen functional groups attached to an aromatic ring is 1. The van der Waals surface area contributed by atoms with Gasteiger partial charge in [0.05, 0.1) is 6.26 Å². The van der Waals surface area contributed by atoms with Crippen LogP contribution in [-0.2, 0) is 6.42 Å². The number of aromatic amines is 1. The number of nitrogens with zero attached hydrogens (tertiary/aromatic N) is 2. The average molecular weight is 248 g/mol. The third kappa shape index (κ3) is 2.91. The van der Waals surface area contributed by atoms with Crippen LogP contribution in [0.2, 0.25) is 0 Å². The van der Waals surface area contributed by atoms with Crippen LogP contribution >= 0.6 is 0 Å². The Labute approximate surface area is 107 Å². The van der Waals surface area contributed by atoms with E-state index in [1.807, 2.05) is 13.0 Å². The van der Waals surface area contributed by atoms with Crippen LogP contribution in [0, 0.1) is 6.92 Å². The van der Waals surface area contributed by atoms with Crippen LogP contribution in [0.15, 0.2) is 16.7 Å². The lowest BCUT2D eigenvalue weighted by molar-refractivity contribution is 0.517. The van der Waals surface area contributed by atoms with Crippen molar-refractivity contribution in [2.75, 3.05) is 5.73 Å². The first-order chi connectivity index (χ1) is 8.70. The number of H-pyrrole nitrogens is 1. The summed E-state index contributed by atoms with van der Waals surface area (Å²) in [6.45, 7) is 4.17. The molecule has 2 aromatic rings. The molecule has 0 radical (unpaired) electrons. The molecule has 1 unspecified atom stereocenters. The van der Waals surface area contributed by atoms with E-state index in [4.69, 9.17) is 10.2 Å². The van der Waals surface area contributed by atoms with Gasteiger partial charge in [-0.25, -0.2) is 0 Å². The van der Waals surface area contributed by atoms with Crippen molar-refractivity contribution >= 4 is 5.95 Å². The maximum atomic E-state index is 5.56. The van der Waals surface area contributed by atoms with Crippen LogP contribution in [0.25, 0.3) is 0 Å². The largest absolute Gasteiger partial charge is 0.469 e. The number of hydrogen-bond donors (Lipinski definition) is 2. The molecule has 0 aliphatic heterocycles. The number of anilines is 1. The van der Waals surface area contributed by atoms with Crippen molar-refractivity contribution in [3.63, 3.8) is 0 Å². The fourth-order valence-electron chi connectivity index (χ4n) is 2.24. The van der Waals surface area contributed by atoms with Gasteiger partial charge in [-0.05, 0) is 37.8 Å². The predicted octanol–water partition coefficient (Wildman–Crippen LogP) is 2.80. The van der Waals surface area contributed by atoms with E-state index in [-0.39, 0.29) is 0 Å². The van der Waals surface area contributed by atoms with Gasteiger partial charge in [-0.15, -0.1) is 5.10 Å². The molecule has 2 heterocycles. The zero-order chi connectivity index (χ0) is 13.0. The maximum absolute atomic E-state index is 5.56. The standard InChI is InChI=1S/C13H20N4O/c1-3-4-11(12-15-13(14)17-16-12)6-5-10-7-8-18-9(10)2/h7-8,11H,3-6H2,1-2H3,(H3,14,15,16,17). The molecule has 3 N–H and O–H groups in total. The van der Waals surface area contributed by atoms with E-state index in [2.05, 4.69) is 22.1 Å². The number of nitrogens with two attached hydrogens (primary N) is 1. The highest BCUT2D eigenvalue weighted by Crippen LogP contribution is 2.25. The summed E-state index contributed by atoms with van der Waals surface area (Å²) in [5.41, 5.74) is 6.83. The van der Waals surface area contributed by atoms with Crippen molar-refractivity contribution in [3.05, 3.63) is 29.5 Å². The van der Waals surface area contributed by atoms with Gasteiger partial charge in [0.25, 0.3) is 0 Å². The summed E-state index contributed by atoms with van der Waals surface area (Å²) in [7, 11) is 0. The van der Waals surface area contributed by atoms with E-state index in [1.54, 1.807) is 6.26 Å². The van der Waals surface area contributed by atoms with Gasteiger partial charge in [0.2, 0.25) is 5.95 Å². The topological polar surface area (TPSA) is 80.7 Å². The molecular formula is C13H20N4O. The van der Waals surface area contributed by atoms with Gasteiger partial charge in [-0.3, -0.25) is 5.10 Å². The van der Waals surface area contributed by atoms with Crippen LogP contribution < -0.4 is 5.73 Å². The first-order valence-electron chi connectivity index (χ1n) is 6.41. The zero-order valence-electron chi connectivity index (χ0n) is 10.9. The van der Waals surface area contributed by atoms with Gasteiger partial charge >= 0.3 is 0 Å². The Morgan fingerprint density at radius 1 is 1.44 bits per heavy atom. The fourth-order valence-corrected chi connectivity index (χ4v) is 2.24. The molecule has 0 saturated heterocycles. The highest BCUT2D eigenvalue weighted by molar-refractivity contribution is 5.17. The third-order valence-electron chi connectivity index (χ3n) is 3.27. The van der Waals surface area contributed by atoms with E-state index in [0.29, 0.717) is 11.9 Å². The SMILES string of the molecule is CCCC(CCc1ccoc1C)c1nc(N)n[nH]1. The van der Waals surface area contributed by atoms with Crippen LogP contribution in [0.5, 0.6) is 0 Å². The summed E-state index contributed by atoms with van der Waals surface area (Å²) >= 11 is 0. The molecule has 0 aliphatic carbocycles. The van der Waals surface area contributed by atoms with Crippen LogP contribution in [-0.4, -0.2) is 15.2 Å². The second kappa shape index (κ2) is 5.71. The van der Waals surface area contributed by atoms with E-state index >= 15 is 0 Å². The highest BCUT2D eigenvalue weighted by atomic mass is 16.3. The summed E-state index contributed by atoms with van der Waals surface area (Å²) < 4.78 is 5.31. The lowest BCUT2D eigenvalue weighted by Gasteiger charge is -2.12. The Bertz CT molecular complexity index is 489. The molecule has 0 bridgehead atoms. The molecule has 0 spiro atoms. The molecule has 5 nitrogen and oxygen atoms in total. The molecule has 18 heavy (non-hydrogen) atoms. The lowest BCUT2D eigenvalue weighted by atomic mass is 9.95. The van der Waals surface area contributed by atoms with Crippen molar-refractivity contribution in [1.29, 1.82) is 0 Å². The molecular weight excluding hydrogens is 228 g/mol. The van der Waals surface area contributed by atoms with E-state index < -0.39 is 0 Å². The van der Waals surface area contributed by atoms with E-state index in [1.165, 1.54) is 5.56 Å². The average Bonchev–Trinajstić information content (AvgIpc) is 2.94. The number of nitrogens with one attached hydrogen (secondary N) is 1. The van der Waals surface area contributed by atoms with E-state index in [0.717, 1.165) is 37.3 Å². The van der Waals surface area contributed by atoms with Crippen LogP contribution in [0.3, 0.4) is 0 Å². The van der Waals surface area contributed by atoms with Crippen molar-refractivity contribution in [1.82, 2.24) is 15.2 Å². The Morgan fingerprint density at radius 2 is 2.28 bits per heavy atom. The predicted molar refractivity (Wildman–Crippen MR) is 70.2 cm³/mol. The van der Waals surface area contributed by atoms with Crippen molar-refractivity contribution in [3.8, 4) is 0 Å². The molecule has 2 aromatic heterocycles. The normalized spacial score (nSPS) is 12.8. The quantitative estimate of drug-likeness (QED) is 0.823. The summed E-state index contributed by atoms with van der Waals surface area (Å²) in [4.78, 5) is 4.24. The number of aryl methyl sites for hydroxylation is 2. The molecule has 0 aliphatic rings. The molecule has 2 rings (SSSR count). The van der Waals surface area contributed by atoms with Gasteiger partial charge in [0, 0.05) is 5.92 Å². The Hall–Kier alpha value is -1.78. The maximum Gasteiger partial charge on any atom is 0.239 e.